The topological polar surface area (TPSA) is 44.8 Å². The molecular weight excluding hydrogens is 256 g/mol. The molecule has 2 aliphatic heterocycles. The zero-order valence-electron chi connectivity index (χ0n) is 12.0. The van der Waals surface area contributed by atoms with E-state index in [0.29, 0.717) is 24.3 Å². The van der Waals surface area contributed by atoms with Crippen LogP contribution in [0.3, 0.4) is 0 Å². The maximum Gasteiger partial charge on any atom is 0.170 e. The van der Waals surface area contributed by atoms with Gasteiger partial charge < -0.3 is 14.2 Å². The van der Waals surface area contributed by atoms with Crippen molar-refractivity contribution in [3.63, 3.8) is 0 Å². The summed E-state index contributed by atoms with van der Waals surface area (Å²) in [5.74, 6) is 1.47. The number of hydrogen-bond donors (Lipinski definition) is 0. The number of carbonyl (C=O) groups is 1. The van der Waals surface area contributed by atoms with Gasteiger partial charge in [0.15, 0.2) is 5.78 Å². The first-order valence-corrected chi connectivity index (χ1v) is 7.14. The van der Waals surface area contributed by atoms with E-state index in [2.05, 4.69) is 0 Å². The van der Waals surface area contributed by atoms with Gasteiger partial charge in [0.25, 0.3) is 0 Å². The summed E-state index contributed by atoms with van der Waals surface area (Å²) in [6, 6.07) is 5.42. The SMILES string of the molecule is CC1(C)CC(=O)c2ccc(OCC3CCCO3)cc2O1. The summed E-state index contributed by atoms with van der Waals surface area (Å²) in [5, 5.41) is 0. The number of ketones is 1. The molecule has 0 saturated carbocycles. The van der Waals surface area contributed by atoms with Gasteiger partial charge in [-0.3, -0.25) is 4.79 Å². The van der Waals surface area contributed by atoms with Crippen molar-refractivity contribution in [3.05, 3.63) is 23.8 Å². The molecule has 1 unspecified atom stereocenters. The molecule has 0 aromatic heterocycles. The van der Waals surface area contributed by atoms with Crippen LogP contribution < -0.4 is 9.47 Å². The fourth-order valence-corrected chi connectivity index (χ4v) is 2.69. The van der Waals surface area contributed by atoms with Gasteiger partial charge in [-0.05, 0) is 38.8 Å². The van der Waals surface area contributed by atoms with Crippen molar-refractivity contribution in [3.8, 4) is 11.5 Å². The van der Waals surface area contributed by atoms with Crippen molar-refractivity contribution in [2.24, 2.45) is 0 Å². The summed E-state index contributed by atoms with van der Waals surface area (Å²) in [6.45, 7) is 5.22. The second kappa shape index (κ2) is 5.09. The first-order chi connectivity index (χ1) is 9.53. The van der Waals surface area contributed by atoms with Crippen molar-refractivity contribution in [2.45, 2.75) is 44.8 Å². The molecule has 0 spiro atoms. The lowest BCUT2D eigenvalue weighted by atomic mass is 9.93. The van der Waals surface area contributed by atoms with Crippen molar-refractivity contribution in [2.75, 3.05) is 13.2 Å². The quantitative estimate of drug-likeness (QED) is 0.851. The Balaban J connectivity index is 1.73. The highest BCUT2D eigenvalue weighted by molar-refractivity contribution is 6.00. The second-order valence-electron chi connectivity index (χ2n) is 6.07. The van der Waals surface area contributed by atoms with Crippen LogP contribution in [0.25, 0.3) is 0 Å². The third kappa shape index (κ3) is 2.80. The number of hydrogen-bond acceptors (Lipinski definition) is 4. The fourth-order valence-electron chi connectivity index (χ4n) is 2.69. The normalized spacial score (nSPS) is 24.1. The Bertz CT molecular complexity index is 515. The van der Waals surface area contributed by atoms with E-state index < -0.39 is 5.60 Å². The first kappa shape index (κ1) is 13.4. The zero-order chi connectivity index (χ0) is 14.2. The standard InChI is InChI=1S/C16H20O4/c1-16(2)9-14(17)13-6-5-11(8-15(13)20-16)19-10-12-4-3-7-18-12/h5-6,8,12H,3-4,7,9-10H2,1-2H3. The van der Waals surface area contributed by atoms with E-state index in [1.807, 2.05) is 26.0 Å². The average molecular weight is 276 g/mol. The van der Waals surface area contributed by atoms with Crippen molar-refractivity contribution in [1.82, 2.24) is 0 Å². The molecule has 108 valence electrons. The van der Waals surface area contributed by atoms with Crippen LogP contribution in [0.1, 0.15) is 43.5 Å². The Morgan fingerprint density at radius 3 is 3.00 bits per heavy atom. The van der Waals surface area contributed by atoms with Crippen LogP contribution in [-0.4, -0.2) is 30.7 Å². The monoisotopic (exact) mass is 276 g/mol. The van der Waals surface area contributed by atoms with E-state index in [9.17, 15) is 4.79 Å². The summed E-state index contributed by atoms with van der Waals surface area (Å²) in [6.07, 6.45) is 2.75. The van der Waals surface area contributed by atoms with Crippen LogP contribution in [-0.2, 0) is 4.74 Å². The van der Waals surface area contributed by atoms with Gasteiger partial charge in [0.05, 0.1) is 18.1 Å². The smallest absolute Gasteiger partial charge is 0.170 e. The fraction of sp³-hybridized carbons (Fsp3) is 0.562. The Kier molecular flexibility index (Phi) is 3.42. The highest BCUT2D eigenvalue weighted by atomic mass is 16.5. The third-order valence-corrected chi connectivity index (χ3v) is 3.69. The van der Waals surface area contributed by atoms with Crippen LogP contribution in [0.5, 0.6) is 11.5 Å². The summed E-state index contributed by atoms with van der Waals surface area (Å²) < 4.78 is 17.1. The maximum absolute atomic E-state index is 12.0. The molecule has 0 radical (unpaired) electrons. The van der Waals surface area contributed by atoms with Crippen molar-refractivity contribution < 1.29 is 19.0 Å². The van der Waals surface area contributed by atoms with Crippen LogP contribution in [0, 0.1) is 0 Å². The third-order valence-electron chi connectivity index (χ3n) is 3.69. The van der Waals surface area contributed by atoms with E-state index in [1.165, 1.54) is 0 Å². The number of Topliss-reactive ketones (excluding diaryl/α,β-unsaturated/α-hetero) is 1. The number of carbonyl (C=O) groups excluding carboxylic acids is 1. The average Bonchev–Trinajstić information content (AvgIpc) is 2.87. The highest BCUT2D eigenvalue weighted by Gasteiger charge is 2.32. The predicted octanol–water partition coefficient (Wildman–Crippen LogP) is 2.99. The van der Waals surface area contributed by atoms with Crippen LogP contribution in [0.15, 0.2) is 18.2 Å². The summed E-state index contributed by atoms with van der Waals surface area (Å²) in [5.41, 5.74) is 0.200. The molecule has 1 fully saturated rings. The minimum Gasteiger partial charge on any atom is -0.491 e. The molecule has 1 atom stereocenters. The van der Waals surface area contributed by atoms with Crippen LogP contribution >= 0.6 is 0 Å². The molecule has 0 aliphatic carbocycles. The van der Waals surface area contributed by atoms with E-state index >= 15 is 0 Å². The van der Waals surface area contributed by atoms with E-state index in [4.69, 9.17) is 14.2 Å². The summed E-state index contributed by atoms with van der Waals surface area (Å²) >= 11 is 0. The van der Waals surface area contributed by atoms with Gasteiger partial charge in [-0.25, -0.2) is 0 Å². The lowest BCUT2D eigenvalue weighted by Gasteiger charge is -2.31. The Morgan fingerprint density at radius 2 is 2.25 bits per heavy atom. The zero-order valence-corrected chi connectivity index (χ0v) is 12.0. The molecule has 4 nitrogen and oxygen atoms in total. The largest absolute Gasteiger partial charge is 0.491 e. The van der Waals surface area contributed by atoms with Gasteiger partial charge in [-0.15, -0.1) is 0 Å². The molecule has 3 rings (SSSR count). The lowest BCUT2D eigenvalue weighted by molar-refractivity contribution is 0.0600. The first-order valence-electron chi connectivity index (χ1n) is 7.14. The molecule has 1 saturated heterocycles. The number of fused-ring (bicyclic) bond motifs is 1. The van der Waals surface area contributed by atoms with Crippen molar-refractivity contribution in [1.29, 1.82) is 0 Å². The number of ether oxygens (including phenoxy) is 3. The summed E-state index contributed by atoms with van der Waals surface area (Å²) in [7, 11) is 0. The number of rotatable bonds is 3. The Hall–Kier alpha value is -1.55. The Labute approximate surface area is 119 Å². The molecule has 0 N–H and O–H groups in total. The van der Waals surface area contributed by atoms with Gasteiger partial charge >= 0.3 is 0 Å². The van der Waals surface area contributed by atoms with E-state index in [0.717, 1.165) is 25.2 Å². The molecule has 2 aliphatic rings. The Morgan fingerprint density at radius 1 is 1.40 bits per heavy atom. The molecular formula is C16H20O4. The molecule has 0 bridgehead atoms. The van der Waals surface area contributed by atoms with Gasteiger partial charge in [0, 0.05) is 12.7 Å². The van der Waals surface area contributed by atoms with Gasteiger partial charge in [-0.1, -0.05) is 0 Å². The highest BCUT2D eigenvalue weighted by Crippen LogP contribution is 2.35. The van der Waals surface area contributed by atoms with Crippen molar-refractivity contribution >= 4 is 5.78 Å². The predicted molar refractivity (Wildman–Crippen MR) is 74.6 cm³/mol. The van der Waals surface area contributed by atoms with Crippen LogP contribution in [0.2, 0.25) is 0 Å². The van der Waals surface area contributed by atoms with Gasteiger partial charge in [0.2, 0.25) is 0 Å². The minimum absolute atomic E-state index is 0.127. The molecule has 1 aromatic carbocycles. The molecule has 2 heterocycles. The van der Waals surface area contributed by atoms with E-state index in [1.54, 1.807) is 6.07 Å². The molecule has 4 heteroatoms. The molecule has 1 aromatic rings. The van der Waals surface area contributed by atoms with Crippen LogP contribution in [0.4, 0.5) is 0 Å². The lowest BCUT2D eigenvalue weighted by Crippen LogP contribution is -2.35. The molecule has 20 heavy (non-hydrogen) atoms. The number of benzene rings is 1. The maximum atomic E-state index is 12.0. The second-order valence-corrected chi connectivity index (χ2v) is 6.07. The van der Waals surface area contributed by atoms with Gasteiger partial charge in [-0.2, -0.15) is 0 Å². The summed E-state index contributed by atoms with van der Waals surface area (Å²) in [4.78, 5) is 12.0. The molecule has 0 amide bonds. The van der Waals surface area contributed by atoms with E-state index in [-0.39, 0.29) is 11.9 Å². The van der Waals surface area contributed by atoms with Gasteiger partial charge in [0.1, 0.15) is 23.7 Å². The minimum atomic E-state index is -0.447.